The van der Waals surface area contributed by atoms with Crippen LogP contribution in [0.25, 0.3) is 0 Å². The molecule has 2 aliphatic rings. The summed E-state index contributed by atoms with van der Waals surface area (Å²) in [6, 6.07) is 7.59. The normalized spacial score (nSPS) is 27.7. The first-order valence-corrected chi connectivity index (χ1v) is 7.30. The molecule has 0 radical (unpaired) electrons. The van der Waals surface area contributed by atoms with E-state index in [1.54, 1.807) is 4.90 Å². The van der Waals surface area contributed by atoms with Crippen molar-refractivity contribution in [2.75, 3.05) is 18.1 Å². The zero-order valence-corrected chi connectivity index (χ0v) is 12.0. The summed E-state index contributed by atoms with van der Waals surface area (Å²) < 4.78 is 5.48. The van der Waals surface area contributed by atoms with Gasteiger partial charge in [-0.15, -0.1) is 0 Å². The van der Waals surface area contributed by atoms with Gasteiger partial charge in [0.2, 0.25) is 5.91 Å². The minimum absolute atomic E-state index is 0.0539. The highest BCUT2D eigenvalue weighted by atomic mass is 16.5. The number of carboxylic acids is 1. The van der Waals surface area contributed by atoms with E-state index in [1.165, 1.54) is 0 Å². The van der Waals surface area contributed by atoms with Gasteiger partial charge in [-0.05, 0) is 25.0 Å². The quantitative estimate of drug-likeness (QED) is 0.924. The van der Waals surface area contributed by atoms with Crippen LogP contribution in [0, 0.1) is 5.92 Å². The summed E-state index contributed by atoms with van der Waals surface area (Å²) in [4.78, 5) is 25.4. The van der Waals surface area contributed by atoms with Crippen molar-refractivity contribution in [3.63, 3.8) is 0 Å². The largest absolute Gasteiger partial charge is 0.481 e. The van der Waals surface area contributed by atoms with Crippen LogP contribution in [0.5, 0.6) is 0 Å². The fourth-order valence-corrected chi connectivity index (χ4v) is 3.30. The van der Waals surface area contributed by atoms with Gasteiger partial charge < -0.3 is 14.7 Å². The fraction of sp³-hybridized carbons (Fsp3) is 0.500. The molecule has 2 aliphatic heterocycles. The summed E-state index contributed by atoms with van der Waals surface area (Å²) in [7, 11) is 0. The first kappa shape index (κ1) is 14.1. The van der Waals surface area contributed by atoms with Gasteiger partial charge in [0.25, 0.3) is 0 Å². The molecule has 0 aromatic heterocycles. The lowest BCUT2D eigenvalue weighted by atomic mass is 9.98. The number of nitrogens with zero attached hydrogens (tertiary/aromatic N) is 1. The van der Waals surface area contributed by atoms with Gasteiger partial charge in [0.1, 0.15) is 0 Å². The zero-order valence-electron chi connectivity index (χ0n) is 12.0. The van der Waals surface area contributed by atoms with Crippen molar-refractivity contribution in [3.05, 3.63) is 29.8 Å². The Labute approximate surface area is 123 Å². The average Bonchev–Trinajstić information content (AvgIpc) is 3.03. The molecule has 0 saturated carbocycles. The van der Waals surface area contributed by atoms with Crippen LogP contribution in [-0.2, 0) is 14.3 Å². The molecule has 1 aromatic rings. The number of hydrogen-bond donors (Lipinski definition) is 1. The standard InChI is InChI=1S/C16H19NO4/c1-10-6-12(9-21-10)16(20)17-8-11(7-15(18)19)13-4-2-3-5-14(13)17/h2-5,10-12H,6-9H2,1H3,(H,18,19). The van der Waals surface area contributed by atoms with Crippen LogP contribution in [0.3, 0.4) is 0 Å². The number of benzene rings is 1. The van der Waals surface area contributed by atoms with E-state index in [-0.39, 0.29) is 30.3 Å². The van der Waals surface area contributed by atoms with Gasteiger partial charge in [0.15, 0.2) is 0 Å². The fourth-order valence-electron chi connectivity index (χ4n) is 3.30. The minimum Gasteiger partial charge on any atom is -0.481 e. The van der Waals surface area contributed by atoms with E-state index in [4.69, 9.17) is 9.84 Å². The maximum atomic E-state index is 12.7. The lowest BCUT2D eigenvalue weighted by molar-refractivity contribution is -0.137. The Morgan fingerprint density at radius 1 is 1.38 bits per heavy atom. The molecule has 0 aliphatic carbocycles. The number of hydrogen-bond acceptors (Lipinski definition) is 3. The van der Waals surface area contributed by atoms with Crippen LogP contribution >= 0.6 is 0 Å². The third kappa shape index (κ3) is 2.65. The van der Waals surface area contributed by atoms with E-state index in [9.17, 15) is 9.59 Å². The van der Waals surface area contributed by atoms with E-state index in [2.05, 4.69) is 0 Å². The number of carbonyl (C=O) groups excluding carboxylic acids is 1. The van der Waals surface area contributed by atoms with E-state index < -0.39 is 5.97 Å². The third-order valence-electron chi connectivity index (χ3n) is 4.31. The molecule has 1 aromatic carbocycles. The monoisotopic (exact) mass is 289 g/mol. The van der Waals surface area contributed by atoms with Gasteiger partial charge in [-0.1, -0.05) is 18.2 Å². The molecule has 3 rings (SSSR count). The first-order chi connectivity index (χ1) is 10.1. The molecule has 1 fully saturated rings. The molecule has 21 heavy (non-hydrogen) atoms. The smallest absolute Gasteiger partial charge is 0.304 e. The van der Waals surface area contributed by atoms with Crippen molar-refractivity contribution in [2.45, 2.75) is 31.8 Å². The number of amides is 1. The molecular formula is C16H19NO4. The van der Waals surface area contributed by atoms with Crippen molar-refractivity contribution in [3.8, 4) is 0 Å². The lowest BCUT2D eigenvalue weighted by Gasteiger charge is -2.21. The zero-order chi connectivity index (χ0) is 15.0. The maximum absolute atomic E-state index is 12.7. The van der Waals surface area contributed by atoms with Gasteiger partial charge in [-0.2, -0.15) is 0 Å². The molecule has 5 heteroatoms. The lowest BCUT2D eigenvalue weighted by Crippen LogP contribution is -2.36. The van der Waals surface area contributed by atoms with E-state index in [1.807, 2.05) is 31.2 Å². The SMILES string of the molecule is CC1CC(C(=O)N2CC(CC(=O)O)c3ccccc32)CO1. The second kappa shape index (κ2) is 5.48. The number of para-hydroxylation sites is 1. The Bertz CT molecular complexity index is 571. The second-order valence-corrected chi connectivity index (χ2v) is 5.88. The molecule has 0 spiro atoms. The van der Waals surface area contributed by atoms with Crippen molar-refractivity contribution in [2.24, 2.45) is 5.92 Å². The van der Waals surface area contributed by atoms with E-state index in [0.717, 1.165) is 17.7 Å². The highest BCUT2D eigenvalue weighted by molar-refractivity contribution is 5.98. The van der Waals surface area contributed by atoms with Crippen LogP contribution < -0.4 is 4.90 Å². The maximum Gasteiger partial charge on any atom is 0.304 e. The molecule has 1 amide bonds. The number of aliphatic carboxylic acids is 1. The molecule has 5 nitrogen and oxygen atoms in total. The summed E-state index contributed by atoms with van der Waals surface area (Å²) in [5.41, 5.74) is 1.81. The van der Waals surface area contributed by atoms with E-state index in [0.29, 0.717) is 13.2 Å². The number of fused-ring (bicyclic) bond motifs is 1. The molecular weight excluding hydrogens is 270 g/mol. The van der Waals surface area contributed by atoms with Crippen LogP contribution in [0.1, 0.15) is 31.2 Å². The van der Waals surface area contributed by atoms with E-state index >= 15 is 0 Å². The predicted octanol–water partition coefficient (Wildman–Crippen LogP) is 2.02. The van der Waals surface area contributed by atoms with Gasteiger partial charge in [-0.25, -0.2) is 0 Å². The van der Waals surface area contributed by atoms with Crippen molar-refractivity contribution in [1.29, 1.82) is 0 Å². The topological polar surface area (TPSA) is 66.8 Å². The Hall–Kier alpha value is -1.88. The Morgan fingerprint density at radius 2 is 2.14 bits per heavy atom. The average molecular weight is 289 g/mol. The molecule has 0 bridgehead atoms. The molecule has 1 N–H and O–H groups in total. The van der Waals surface area contributed by atoms with Crippen molar-refractivity contribution in [1.82, 2.24) is 0 Å². The van der Waals surface area contributed by atoms with Gasteiger partial charge >= 0.3 is 5.97 Å². The highest BCUT2D eigenvalue weighted by Gasteiger charge is 2.38. The summed E-state index contributed by atoms with van der Waals surface area (Å²) >= 11 is 0. The second-order valence-electron chi connectivity index (χ2n) is 5.88. The summed E-state index contributed by atoms with van der Waals surface area (Å²) in [6.07, 6.45) is 0.908. The van der Waals surface area contributed by atoms with Crippen LogP contribution in [0.2, 0.25) is 0 Å². The van der Waals surface area contributed by atoms with Gasteiger partial charge in [0.05, 0.1) is 25.0 Å². The molecule has 1 saturated heterocycles. The van der Waals surface area contributed by atoms with Crippen LogP contribution in [0.4, 0.5) is 5.69 Å². The number of carboxylic acid groups (broad SMARTS) is 1. The number of carbonyl (C=O) groups is 2. The number of rotatable bonds is 3. The number of ether oxygens (including phenoxy) is 1. The molecule has 112 valence electrons. The van der Waals surface area contributed by atoms with Gasteiger partial charge in [0, 0.05) is 18.2 Å². The highest BCUT2D eigenvalue weighted by Crippen LogP contribution is 2.39. The van der Waals surface area contributed by atoms with Crippen molar-refractivity contribution >= 4 is 17.6 Å². The third-order valence-corrected chi connectivity index (χ3v) is 4.31. The van der Waals surface area contributed by atoms with Crippen LogP contribution in [-0.4, -0.2) is 36.2 Å². The molecule has 3 unspecified atom stereocenters. The van der Waals surface area contributed by atoms with Crippen molar-refractivity contribution < 1.29 is 19.4 Å². The Kier molecular flexibility index (Phi) is 3.68. The molecule has 3 atom stereocenters. The number of anilines is 1. The summed E-state index contributed by atoms with van der Waals surface area (Å²) in [5.74, 6) is -1.01. The van der Waals surface area contributed by atoms with Crippen LogP contribution in [0.15, 0.2) is 24.3 Å². The Morgan fingerprint density at radius 3 is 2.81 bits per heavy atom. The minimum atomic E-state index is -0.832. The van der Waals surface area contributed by atoms with Gasteiger partial charge in [-0.3, -0.25) is 9.59 Å². The summed E-state index contributed by atoms with van der Waals surface area (Å²) in [6.45, 7) is 2.88. The first-order valence-electron chi connectivity index (χ1n) is 7.30. The Balaban J connectivity index is 1.84. The predicted molar refractivity (Wildman–Crippen MR) is 77.3 cm³/mol. The summed E-state index contributed by atoms with van der Waals surface area (Å²) in [5, 5.41) is 9.05. The molecule has 2 heterocycles.